The second kappa shape index (κ2) is 7.25. The Kier molecular flexibility index (Phi) is 7.35. The second-order valence-electron chi connectivity index (χ2n) is 7.25. The Morgan fingerprint density at radius 3 is 0.905 bits per heavy atom. The summed E-state index contributed by atoms with van der Waals surface area (Å²) in [6, 6.07) is 0. The minimum absolute atomic E-state index is 0. The maximum atomic E-state index is 3.44. The molecule has 0 aliphatic heterocycles. The standard InChI is InChI=1S/2C10H15.Sm.H/c2*1-7-6-10(4,5)9(3)8(7)2;;/h2*1-5H3;;/q2*-1;+3;-1. The average Bonchev–Trinajstić information content (AvgIpc) is 2.60. The van der Waals surface area contributed by atoms with Gasteiger partial charge in [0, 0.05) is 0 Å². The molecule has 21 heavy (non-hydrogen) atoms. The van der Waals surface area contributed by atoms with Crippen molar-refractivity contribution in [3.8, 4) is 0 Å². The van der Waals surface area contributed by atoms with Crippen LogP contribution < -0.4 is 0 Å². The number of rotatable bonds is 0. The second-order valence-corrected chi connectivity index (χ2v) is 7.25. The van der Waals surface area contributed by atoms with Crippen LogP contribution in [0.3, 0.4) is 0 Å². The molecule has 0 unspecified atom stereocenters. The minimum atomic E-state index is 0. The van der Waals surface area contributed by atoms with Crippen LogP contribution >= 0.6 is 0 Å². The minimum Gasteiger partial charge on any atom is -1.00 e. The molecule has 2 aliphatic carbocycles. The largest absolute Gasteiger partial charge is 3.00 e. The molecular formula is C20H31Sm. The zero-order valence-electron chi connectivity index (χ0n) is 16.4. The Morgan fingerprint density at radius 2 is 0.857 bits per heavy atom. The van der Waals surface area contributed by atoms with Crippen LogP contribution in [0, 0.1) is 63.4 Å². The molecule has 0 nitrogen and oxygen atoms in total. The quantitative estimate of drug-likeness (QED) is 0.400. The van der Waals surface area contributed by atoms with Gasteiger partial charge in [-0.3, -0.25) is 12.2 Å². The summed E-state index contributed by atoms with van der Waals surface area (Å²) in [6.07, 6.45) is 6.87. The van der Waals surface area contributed by atoms with Gasteiger partial charge in [-0.2, -0.15) is 22.3 Å². The van der Waals surface area contributed by atoms with Gasteiger partial charge < -0.3 is 1.43 Å². The first-order chi connectivity index (χ1) is 8.90. The van der Waals surface area contributed by atoms with E-state index in [9.17, 15) is 0 Å². The third-order valence-corrected chi connectivity index (χ3v) is 5.12. The van der Waals surface area contributed by atoms with Gasteiger partial charge in [-0.25, -0.2) is 11.1 Å². The molecule has 0 saturated heterocycles. The fourth-order valence-electron chi connectivity index (χ4n) is 2.81. The van der Waals surface area contributed by atoms with Crippen molar-refractivity contribution in [1.82, 2.24) is 0 Å². The summed E-state index contributed by atoms with van der Waals surface area (Å²) in [5, 5.41) is 0. The molecule has 117 valence electrons. The van der Waals surface area contributed by atoms with E-state index < -0.39 is 0 Å². The Balaban J connectivity index is 0. The summed E-state index contributed by atoms with van der Waals surface area (Å²) in [6.45, 7) is 21.8. The van der Waals surface area contributed by atoms with Crippen LogP contribution in [0.1, 0.15) is 70.7 Å². The maximum absolute atomic E-state index is 3.44. The van der Waals surface area contributed by atoms with Gasteiger partial charge in [-0.15, -0.1) is 13.8 Å². The molecular weight excluding hydrogens is 391 g/mol. The summed E-state index contributed by atoms with van der Waals surface area (Å²) in [4.78, 5) is 0. The van der Waals surface area contributed by atoms with Crippen LogP contribution in [-0.2, 0) is 0 Å². The predicted octanol–water partition coefficient (Wildman–Crippen LogP) is 6.34. The molecule has 0 saturated carbocycles. The Bertz CT molecular complexity index is 490. The summed E-state index contributed by atoms with van der Waals surface area (Å²) in [5.41, 5.74) is 8.79. The summed E-state index contributed by atoms with van der Waals surface area (Å²) in [5.74, 6) is 0. The van der Waals surface area contributed by atoms with E-state index in [-0.39, 0.29) is 52.6 Å². The molecule has 0 amide bonds. The molecule has 0 aromatic heterocycles. The number of hydrogen-bond acceptors (Lipinski definition) is 0. The van der Waals surface area contributed by atoms with Crippen molar-refractivity contribution in [2.45, 2.75) is 69.2 Å². The first-order valence-electron chi connectivity index (χ1n) is 7.50. The number of allylic oxidation sites excluding steroid dienone is 8. The van der Waals surface area contributed by atoms with Gasteiger partial charge in [0.2, 0.25) is 0 Å². The van der Waals surface area contributed by atoms with E-state index in [1.807, 2.05) is 0 Å². The Hall–Kier alpha value is 0.298. The smallest absolute Gasteiger partial charge is 1.00 e. The normalized spacial score (nSPS) is 22.4. The zero-order chi connectivity index (χ0) is 15.9. The van der Waals surface area contributed by atoms with Crippen LogP contribution in [0.25, 0.3) is 0 Å². The van der Waals surface area contributed by atoms with Gasteiger partial charge in [-0.1, -0.05) is 66.2 Å². The zero-order valence-corrected chi connectivity index (χ0v) is 18.0. The fourth-order valence-corrected chi connectivity index (χ4v) is 2.81. The van der Waals surface area contributed by atoms with Crippen LogP contribution in [0.15, 0.2) is 33.4 Å². The van der Waals surface area contributed by atoms with Crippen LogP contribution in [-0.4, -0.2) is 0 Å². The topological polar surface area (TPSA) is 0 Å². The molecule has 1 radical (unpaired) electrons. The van der Waals surface area contributed by atoms with Crippen LogP contribution in [0.5, 0.6) is 0 Å². The fraction of sp³-hybridized carbons (Fsp3) is 0.600. The van der Waals surface area contributed by atoms with Crippen molar-refractivity contribution in [1.29, 1.82) is 0 Å². The van der Waals surface area contributed by atoms with Gasteiger partial charge in [0.1, 0.15) is 0 Å². The summed E-state index contributed by atoms with van der Waals surface area (Å²) in [7, 11) is 0. The molecule has 2 aliphatic rings. The molecule has 0 atom stereocenters. The third kappa shape index (κ3) is 4.63. The SMILES string of the molecule is CC1=[C-]C(C)(C)C(C)=C1C.CC1=[C-]C(C)(C)C(C)=C1C.[H-].[Sm+3]. The van der Waals surface area contributed by atoms with Crippen molar-refractivity contribution < 1.29 is 41.8 Å². The monoisotopic (exact) mass is 423 g/mol. The maximum Gasteiger partial charge on any atom is 3.00 e. The van der Waals surface area contributed by atoms with E-state index in [0.29, 0.717) is 0 Å². The Labute approximate surface area is 166 Å². The van der Waals surface area contributed by atoms with Crippen molar-refractivity contribution in [2.75, 3.05) is 0 Å². The molecule has 0 aromatic rings. The van der Waals surface area contributed by atoms with Crippen LogP contribution in [0.4, 0.5) is 0 Å². The van der Waals surface area contributed by atoms with Gasteiger partial charge in [-0.05, 0) is 0 Å². The van der Waals surface area contributed by atoms with Crippen molar-refractivity contribution in [2.24, 2.45) is 10.8 Å². The molecule has 1 heteroatoms. The predicted molar refractivity (Wildman–Crippen MR) is 90.3 cm³/mol. The van der Waals surface area contributed by atoms with Crippen molar-refractivity contribution >= 4 is 0 Å². The molecule has 0 spiro atoms. The van der Waals surface area contributed by atoms with E-state index in [0.717, 1.165) is 0 Å². The van der Waals surface area contributed by atoms with E-state index in [1.54, 1.807) is 0 Å². The third-order valence-electron chi connectivity index (χ3n) is 5.12. The van der Waals surface area contributed by atoms with Crippen molar-refractivity contribution in [3.63, 3.8) is 0 Å². The first kappa shape index (κ1) is 21.3. The van der Waals surface area contributed by atoms with E-state index in [2.05, 4.69) is 81.4 Å². The van der Waals surface area contributed by atoms with E-state index in [4.69, 9.17) is 0 Å². The molecule has 0 N–H and O–H groups in total. The summed E-state index contributed by atoms with van der Waals surface area (Å²) >= 11 is 0. The average molecular weight is 422 g/mol. The molecule has 0 aromatic carbocycles. The van der Waals surface area contributed by atoms with Gasteiger partial charge in [0.15, 0.2) is 0 Å². The van der Waals surface area contributed by atoms with Crippen LogP contribution in [0.2, 0.25) is 0 Å². The van der Waals surface area contributed by atoms with E-state index >= 15 is 0 Å². The number of hydrogen-bond donors (Lipinski definition) is 0. The molecule has 2 rings (SSSR count). The summed E-state index contributed by atoms with van der Waals surface area (Å²) < 4.78 is 0. The Morgan fingerprint density at radius 1 is 0.619 bits per heavy atom. The van der Waals surface area contributed by atoms with Gasteiger partial charge >= 0.3 is 40.4 Å². The molecule has 0 heterocycles. The molecule has 0 bridgehead atoms. The van der Waals surface area contributed by atoms with Gasteiger partial charge in [0.25, 0.3) is 0 Å². The molecule has 0 fully saturated rings. The van der Waals surface area contributed by atoms with Crippen molar-refractivity contribution in [3.05, 3.63) is 45.6 Å². The first-order valence-corrected chi connectivity index (χ1v) is 7.50. The van der Waals surface area contributed by atoms with Gasteiger partial charge in [0.05, 0.1) is 0 Å². The van der Waals surface area contributed by atoms with E-state index in [1.165, 1.54) is 33.4 Å².